The molecule has 0 radical (unpaired) electrons. The number of nitrogens with two attached hydrogens (primary N) is 1. The number of hydrogen-bond donors (Lipinski definition) is 1. The van der Waals surface area contributed by atoms with Gasteiger partial charge in [-0.1, -0.05) is 0 Å². The normalized spacial score (nSPS) is 19.1. The summed E-state index contributed by atoms with van der Waals surface area (Å²) in [5, 5.41) is 0.458. The fourth-order valence-corrected chi connectivity index (χ4v) is 2.93. The summed E-state index contributed by atoms with van der Waals surface area (Å²) in [4.78, 5) is 18.7. The lowest BCUT2D eigenvalue weighted by Crippen LogP contribution is -2.32. The van der Waals surface area contributed by atoms with E-state index in [2.05, 4.69) is 24.0 Å². The van der Waals surface area contributed by atoms with Crippen LogP contribution in [0.4, 0.5) is 0 Å². The van der Waals surface area contributed by atoms with Gasteiger partial charge in [0, 0.05) is 10.9 Å². The molecular weight excluding hydrogens is 246 g/mol. The maximum atomic E-state index is 11.0. The molecule has 1 aromatic heterocycles. The van der Waals surface area contributed by atoms with Crippen molar-refractivity contribution in [1.82, 2.24) is 9.88 Å². The Morgan fingerprint density at radius 2 is 2.25 bits per heavy atom. The molecule has 0 saturated heterocycles. The van der Waals surface area contributed by atoms with Crippen molar-refractivity contribution in [3.05, 3.63) is 15.6 Å². The topological polar surface area (TPSA) is 59.2 Å². The van der Waals surface area contributed by atoms with E-state index < -0.39 is 5.91 Å². The first kappa shape index (κ1) is 13.4. The van der Waals surface area contributed by atoms with Crippen LogP contribution in [0.3, 0.4) is 0 Å². The molecular formula is C10H16ClN3OS. The number of amides is 1. The number of nitrogens with zero attached hydrogens (tertiary/aromatic N) is 2. The summed E-state index contributed by atoms with van der Waals surface area (Å²) in [6, 6.07) is 0.568. The average Bonchev–Trinajstić information content (AvgIpc) is 2.59. The van der Waals surface area contributed by atoms with Crippen molar-refractivity contribution in [2.24, 2.45) is 5.73 Å². The number of carbonyl (C=O) groups is 1. The summed E-state index contributed by atoms with van der Waals surface area (Å²) in [6.45, 7) is 0. The number of halogens is 1. The molecule has 6 heteroatoms. The van der Waals surface area contributed by atoms with Crippen molar-refractivity contribution < 1.29 is 4.79 Å². The lowest BCUT2D eigenvalue weighted by atomic mass is 9.97. The summed E-state index contributed by atoms with van der Waals surface area (Å²) in [7, 11) is 4.18. The van der Waals surface area contributed by atoms with Gasteiger partial charge in [-0.05, 0) is 33.4 Å². The lowest BCUT2D eigenvalue weighted by molar-refractivity contribution is 0.0999. The minimum atomic E-state index is -0.407. The van der Waals surface area contributed by atoms with Crippen molar-refractivity contribution in [3.63, 3.8) is 0 Å². The Hall–Kier alpha value is -0.650. The molecule has 0 spiro atoms. The molecule has 1 unspecified atom stereocenters. The molecule has 1 heterocycles. The second-order valence-electron chi connectivity index (χ2n) is 4.11. The number of rotatable bonds is 2. The predicted octanol–water partition coefficient (Wildman–Crippen LogP) is 1.08. The quantitative estimate of drug-likeness (QED) is 0.867. The van der Waals surface area contributed by atoms with Gasteiger partial charge in [-0.15, -0.1) is 23.7 Å². The number of thiazole rings is 1. The lowest BCUT2D eigenvalue weighted by Gasteiger charge is -2.27. The van der Waals surface area contributed by atoms with E-state index in [1.54, 1.807) is 0 Å². The van der Waals surface area contributed by atoms with Gasteiger partial charge in [0.2, 0.25) is 0 Å². The maximum Gasteiger partial charge on any atom is 0.277 e. The van der Waals surface area contributed by atoms with Crippen LogP contribution >= 0.6 is 23.7 Å². The molecule has 0 bridgehead atoms. The first-order valence-electron chi connectivity index (χ1n) is 5.02. The van der Waals surface area contributed by atoms with Crippen molar-refractivity contribution in [2.45, 2.75) is 25.3 Å². The Balaban J connectivity index is 0.00000128. The number of aromatic nitrogens is 1. The first-order chi connectivity index (χ1) is 7.08. The van der Waals surface area contributed by atoms with Gasteiger partial charge in [-0.2, -0.15) is 0 Å². The molecule has 4 nitrogen and oxygen atoms in total. The highest BCUT2D eigenvalue weighted by Crippen LogP contribution is 2.28. The van der Waals surface area contributed by atoms with Crippen LogP contribution in [0.1, 0.15) is 26.8 Å². The van der Waals surface area contributed by atoms with E-state index in [0.717, 1.165) is 25.0 Å². The van der Waals surface area contributed by atoms with E-state index in [4.69, 9.17) is 5.73 Å². The Bertz CT molecular complexity index is 391. The Morgan fingerprint density at radius 3 is 2.81 bits per heavy atom. The van der Waals surface area contributed by atoms with Gasteiger partial charge >= 0.3 is 0 Å². The van der Waals surface area contributed by atoms with Crippen LogP contribution < -0.4 is 5.73 Å². The van der Waals surface area contributed by atoms with Crippen LogP contribution in [0.25, 0.3) is 0 Å². The molecule has 2 rings (SSSR count). The van der Waals surface area contributed by atoms with E-state index >= 15 is 0 Å². The van der Waals surface area contributed by atoms with E-state index in [1.807, 2.05) is 0 Å². The summed E-state index contributed by atoms with van der Waals surface area (Å²) < 4.78 is 0. The number of likely N-dealkylation sites (N-methyl/N-ethyl adjacent to an activating group) is 1. The molecule has 1 atom stereocenters. The predicted molar refractivity (Wildman–Crippen MR) is 67.4 cm³/mol. The van der Waals surface area contributed by atoms with Crippen LogP contribution in [0.15, 0.2) is 0 Å². The summed E-state index contributed by atoms with van der Waals surface area (Å²) in [6.07, 6.45) is 3.07. The molecule has 1 amide bonds. The van der Waals surface area contributed by atoms with E-state index in [0.29, 0.717) is 11.0 Å². The van der Waals surface area contributed by atoms with Gasteiger partial charge in [-0.3, -0.25) is 4.79 Å². The third kappa shape index (κ3) is 2.53. The van der Waals surface area contributed by atoms with E-state index in [1.165, 1.54) is 16.2 Å². The van der Waals surface area contributed by atoms with Gasteiger partial charge < -0.3 is 10.6 Å². The van der Waals surface area contributed by atoms with Gasteiger partial charge in [0.05, 0.1) is 5.69 Å². The van der Waals surface area contributed by atoms with Crippen LogP contribution in [-0.2, 0) is 12.8 Å². The molecule has 0 saturated carbocycles. The molecule has 0 aromatic carbocycles. The number of carbonyl (C=O) groups excluding carboxylic acids is 1. The van der Waals surface area contributed by atoms with Gasteiger partial charge in [-0.25, -0.2) is 4.98 Å². The fraction of sp³-hybridized carbons (Fsp3) is 0.600. The van der Waals surface area contributed by atoms with E-state index in [9.17, 15) is 4.79 Å². The summed E-state index contributed by atoms with van der Waals surface area (Å²) in [5.41, 5.74) is 6.29. The number of fused-ring (bicyclic) bond motifs is 1. The third-order valence-electron chi connectivity index (χ3n) is 2.85. The molecule has 1 aromatic rings. The molecule has 2 N–H and O–H groups in total. The summed E-state index contributed by atoms with van der Waals surface area (Å²) in [5.74, 6) is -0.407. The molecule has 90 valence electrons. The monoisotopic (exact) mass is 261 g/mol. The highest BCUT2D eigenvalue weighted by atomic mass is 35.5. The second kappa shape index (κ2) is 5.12. The minimum Gasteiger partial charge on any atom is -0.364 e. The average molecular weight is 262 g/mol. The highest BCUT2D eigenvalue weighted by molar-refractivity contribution is 7.13. The third-order valence-corrected chi connectivity index (χ3v) is 3.99. The van der Waals surface area contributed by atoms with Crippen molar-refractivity contribution in [2.75, 3.05) is 14.1 Å². The van der Waals surface area contributed by atoms with Crippen LogP contribution in [0.2, 0.25) is 0 Å². The van der Waals surface area contributed by atoms with Crippen molar-refractivity contribution in [3.8, 4) is 0 Å². The smallest absolute Gasteiger partial charge is 0.277 e. The van der Waals surface area contributed by atoms with Crippen LogP contribution in [0.5, 0.6) is 0 Å². The standard InChI is InChI=1S/C10H15N3OS.ClH/c1-13(2)6-3-4-7-8(5-6)15-10(12-7)9(11)14;/h6H,3-5H2,1-2H3,(H2,11,14);1H. The molecule has 1 aliphatic rings. The van der Waals surface area contributed by atoms with Crippen molar-refractivity contribution >= 4 is 29.7 Å². The maximum absolute atomic E-state index is 11.0. The zero-order chi connectivity index (χ0) is 11.0. The van der Waals surface area contributed by atoms with Gasteiger partial charge in [0.15, 0.2) is 5.01 Å². The zero-order valence-corrected chi connectivity index (χ0v) is 11.0. The molecule has 0 fully saturated rings. The molecule has 1 aliphatic carbocycles. The number of primary amides is 1. The largest absolute Gasteiger partial charge is 0.364 e. The van der Waals surface area contributed by atoms with Crippen molar-refractivity contribution in [1.29, 1.82) is 0 Å². The SMILES string of the molecule is CN(C)C1CCc2nc(C(N)=O)sc2C1.Cl. The minimum absolute atomic E-state index is 0. The summed E-state index contributed by atoms with van der Waals surface area (Å²) >= 11 is 1.45. The fourth-order valence-electron chi connectivity index (χ4n) is 1.90. The Kier molecular flexibility index (Phi) is 4.29. The molecule has 16 heavy (non-hydrogen) atoms. The first-order valence-corrected chi connectivity index (χ1v) is 5.84. The van der Waals surface area contributed by atoms with E-state index in [-0.39, 0.29) is 12.4 Å². The number of aryl methyl sites for hydroxylation is 1. The highest BCUT2D eigenvalue weighted by Gasteiger charge is 2.24. The Morgan fingerprint density at radius 1 is 1.56 bits per heavy atom. The zero-order valence-electron chi connectivity index (χ0n) is 9.40. The van der Waals surface area contributed by atoms with Gasteiger partial charge in [0.25, 0.3) is 5.91 Å². The van der Waals surface area contributed by atoms with Crippen LogP contribution in [-0.4, -0.2) is 35.9 Å². The molecule has 0 aliphatic heterocycles. The second-order valence-corrected chi connectivity index (χ2v) is 5.20. The van der Waals surface area contributed by atoms with Gasteiger partial charge in [0.1, 0.15) is 0 Å². The Labute approximate surface area is 105 Å². The van der Waals surface area contributed by atoms with Crippen LogP contribution in [0, 0.1) is 0 Å². The number of hydrogen-bond acceptors (Lipinski definition) is 4.